The molecule has 0 unspecified atom stereocenters. The molecular weight excluding hydrogens is 332 g/mol. The Morgan fingerprint density at radius 3 is 2.96 bits per heavy atom. The van der Waals surface area contributed by atoms with Gasteiger partial charge < -0.3 is 9.47 Å². The van der Waals surface area contributed by atoms with Crippen molar-refractivity contribution in [3.05, 3.63) is 40.6 Å². The first-order chi connectivity index (χ1) is 12.7. The molecule has 8 heteroatoms. The van der Waals surface area contributed by atoms with Gasteiger partial charge in [-0.25, -0.2) is 4.68 Å². The molecule has 0 N–H and O–H groups in total. The third-order valence-corrected chi connectivity index (χ3v) is 5.68. The molecule has 2 aliphatic heterocycles. The topological polar surface area (TPSA) is 85.9 Å². The Balaban J connectivity index is 1.55. The molecule has 2 aliphatic rings. The summed E-state index contributed by atoms with van der Waals surface area (Å²) in [5.41, 5.74) is 1.18. The lowest BCUT2D eigenvalue weighted by Gasteiger charge is -2.47. The van der Waals surface area contributed by atoms with Crippen LogP contribution in [0.25, 0.3) is 0 Å². The van der Waals surface area contributed by atoms with Gasteiger partial charge in [-0.3, -0.25) is 9.59 Å². The van der Waals surface area contributed by atoms with Crippen molar-refractivity contribution < 1.29 is 4.79 Å². The molecule has 1 saturated heterocycles. The van der Waals surface area contributed by atoms with E-state index in [1.54, 1.807) is 10.7 Å². The fraction of sp³-hybridized carbons (Fsp3) is 0.611. The molecule has 8 nitrogen and oxygen atoms in total. The highest BCUT2D eigenvalue weighted by atomic mass is 16.2. The van der Waals surface area contributed by atoms with Crippen LogP contribution in [-0.2, 0) is 11.3 Å². The second-order valence-electron chi connectivity index (χ2n) is 7.33. The molecule has 0 aromatic carbocycles. The quantitative estimate of drug-likeness (QED) is 0.804. The van der Waals surface area contributed by atoms with Gasteiger partial charge in [0.25, 0.3) is 5.56 Å². The van der Waals surface area contributed by atoms with E-state index in [9.17, 15) is 9.59 Å². The zero-order valence-electron chi connectivity index (χ0n) is 15.0. The summed E-state index contributed by atoms with van der Waals surface area (Å²) in [6, 6.07) is 5.74. The minimum Gasteiger partial charge on any atom is -0.342 e. The average molecular weight is 356 g/mol. The maximum absolute atomic E-state index is 12.7. The summed E-state index contributed by atoms with van der Waals surface area (Å²) in [5, 5.41) is 11.0. The molecule has 2 aromatic rings. The number of likely N-dealkylation sites (tertiary alicyclic amines) is 1. The van der Waals surface area contributed by atoms with Crippen molar-refractivity contribution in [2.24, 2.45) is 5.92 Å². The van der Waals surface area contributed by atoms with Gasteiger partial charge in [-0.2, -0.15) is 0 Å². The fourth-order valence-electron chi connectivity index (χ4n) is 4.56. The number of hydrogen-bond acceptors (Lipinski definition) is 5. The van der Waals surface area contributed by atoms with E-state index in [1.165, 1.54) is 6.33 Å². The standard InChI is InChI=1S/C18H24N6O2/c1-2-4-15-13-9-14(16-5-3-6-18(26)24(15)16)11-22(10-13)17(25)7-8-23-12-19-20-21-23/h3,5-6,12-15H,2,4,7-11H2,1H3/t13-,14+,15-/m0/s1. The zero-order chi connectivity index (χ0) is 18.1. The summed E-state index contributed by atoms with van der Waals surface area (Å²) in [6.07, 6.45) is 4.98. The van der Waals surface area contributed by atoms with Gasteiger partial charge in [0.15, 0.2) is 0 Å². The minimum atomic E-state index is 0.0918. The lowest BCUT2D eigenvalue weighted by atomic mass is 9.77. The van der Waals surface area contributed by atoms with Crippen LogP contribution in [0.4, 0.5) is 0 Å². The van der Waals surface area contributed by atoms with E-state index in [0.29, 0.717) is 25.4 Å². The van der Waals surface area contributed by atoms with E-state index >= 15 is 0 Å². The third-order valence-electron chi connectivity index (χ3n) is 5.68. The third kappa shape index (κ3) is 3.04. The molecule has 0 saturated carbocycles. The molecule has 4 heterocycles. The van der Waals surface area contributed by atoms with Crippen LogP contribution in [0.1, 0.15) is 50.3 Å². The predicted octanol–water partition coefficient (Wildman–Crippen LogP) is 1.21. The van der Waals surface area contributed by atoms with Gasteiger partial charge in [-0.15, -0.1) is 5.10 Å². The van der Waals surface area contributed by atoms with Crippen LogP contribution in [0.2, 0.25) is 0 Å². The molecule has 1 fully saturated rings. The summed E-state index contributed by atoms with van der Waals surface area (Å²) in [6.45, 7) is 4.06. The normalized spacial score (nSPS) is 24.3. The van der Waals surface area contributed by atoms with Crippen LogP contribution < -0.4 is 5.56 Å². The Morgan fingerprint density at radius 2 is 2.19 bits per heavy atom. The summed E-state index contributed by atoms with van der Waals surface area (Å²) < 4.78 is 3.59. The number of pyridine rings is 1. The van der Waals surface area contributed by atoms with Gasteiger partial charge in [0.1, 0.15) is 6.33 Å². The van der Waals surface area contributed by atoms with Crippen LogP contribution >= 0.6 is 0 Å². The maximum Gasteiger partial charge on any atom is 0.250 e. The van der Waals surface area contributed by atoms with Gasteiger partial charge in [0, 0.05) is 43.2 Å². The number of amides is 1. The van der Waals surface area contributed by atoms with E-state index in [1.807, 2.05) is 15.5 Å². The largest absolute Gasteiger partial charge is 0.342 e. The van der Waals surface area contributed by atoms with Crippen molar-refractivity contribution in [3.8, 4) is 0 Å². The van der Waals surface area contributed by atoms with Crippen molar-refractivity contribution in [2.45, 2.75) is 51.1 Å². The summed E-state index contributed by atoms with van der Waals surface area (Å²) >= 11 is 0. The highest BCUT2D eigenvalue weighted by Crippen LogP contribution is 2.42. The average Bonchev–Trinajstić information content (AvgIpc) is 3.17. The number of tetrazole rings is 1. The Bertz CT molecular complexity index is 830. The SMILES string of the molecule is CCC[C@H]1[C@H]2C[C@H](CN(C(=O)CCn3cnnn3)C2)c2cccc(=O)n21. The summed E-state index contributed by atoms with van der Waals surface area (Å²) in [7, 11) is 0. The molecule has 3 atom stereocenters. The van der Waals surface area contributed by atoms with Crippen LogP contribution in [-0.4, -0.2) is 48.7 Å². The number of rotatable bonds is 5. The Hall–Kier alpha value is -2.51. The number of carbonyl (C=O) groups is 1. The molecule has 0 aliphatic carbocycles. The maximum atomic E-state index is 12.7. The Kier molecular flexibility index (Phi) is 4.57. The number of hydrogen-bond donors (Lipinski definition) is 0. The van der Waals surface area contributed by atoms with Crippen molar-refractivity contribution in [1.29, 1.82) is 0 Å². The molecule has 0 spiro atoms. The van der Waals surface area contributed by atoms with Crippen LogP contribution in [0, 0.1) is 5.92 Å². The second-order valence-corrected chi connectivity index (χ2v) is 7.33. The molecule has 138 valence electrons. The number of aromatic nitrogens is 5. The van der Waals surface area contributed by atoms with E-state index in [4.69, 9.17) is 0 Å². The Labute approximate surface area is 151 Å². The van der Waals surface area contributed by atoms with Crippen LogP contribution in [0.5, 0.6) is 0 Å². The fourth-order valence-corrected chi connectivity index (χ4v) is 4.56. The number of carbonyl (C=O) groups excluding carboxylic acids is 1. The Morgan fingerprint density at radius 1 is 1.31 bits per heavy atom. The summed E-state index contributed by atoms with van der Waals surface area (Å²) in [4.78, 5) is 27.2. The lowest BCUT2D eigenvalue weighted by Crippen LogP contribution is -2.51. The highest BCUT2D eigenvalue weighted by molar-refractivity contribution is 5.76. The molecule has 2 bridgehead atoms. The summed E-state index contributed by atoms with van der Waals surface area (Å²) in [5.74, 6) is 0.725. The van der Waals surface area contributed by atoms with Gasteiger partial charge in [0.2, 0.25) is 5.91 Å². The highest BCUT2D eigenvalue weighted by Gasteiger charge is 2.41. The molecular formula is C18H24N6O2. The number of piperidine rings is 1. The second kappa shape index (κ2) is 7.01. The van der Waals surface area contributed by atoms with Crippen molar-refractivity contribution in [2.75, 3.05) is 13.1 Å². The minimum absolute atomic E-state index is 0.0918. The van der Waals surface area contributed by atoms with E-state index < -0.39 is 0 Å². The first kappa shape index (κ1) is 16.9. The van der Waals surface area contributed by atoms with Gasteiger partial charge in [-0.05, 0) is 35.3 Å². The monoisotopic (exact) mass is 356 g/mol. The smallest absolute Gasteiger partial charge is 0.250 e. The van der Waals surface area contributed by atoms with Gasteiger partial charge in [-0.1, -0.05) is 19.4 Å². The van der Waals surface area contributed by atoms with Crippen LogP contribution in [0.3, 0.4) is 0 Å². The molecule has 4 rings (SSSR count). The lowest BCUT2D eigenvalue weighted by molar-refractivity contribution is -0.134. The number of fused-ring (bicyclic) bond motifs is 4. The molecule has 0 radical (unpaired) electrons. The number of nitrogens with zero attached hydrogens (tertiary/aromatic N) is 6. The van der Waals surface area contributed by atoms with Gasteiger partial charge >= 0.3 is 0 Å². The van der Waals surface area contributed by atoms with E-state index in [-0.39, 0.29) is 23.4 Å². The van der Waals surface area contributed by atoms with Crippen molar-refractivity contribution in [3.63, 3.8) is 0 Å². The van der Waals surface area contributed by atoms with Gasteiger partial charge in [0.05, 0.1) is 6.54 Å². The molecule has 26 heavy (non-hydrogen) atoms. The number of aryl methyl sites for hydroxylation is 1. The van der Waals surface area contributed by atoms with Crippen molar-refractivity contribution >= 4 is 5.91 Å². The molecule has 1 amide bonds. The van der Waals surface area contributed by atoms with Crippen molar-refractivity contribution in [1.82, 2.24) is 29.7 Å². The first-order valence-corrected chi connectivity index (χ1v) is 9.37. The molecule has 2 aromatic heterocycles. The van der Waals surface area contributed by atoms with Crippen LogP contribution in [0.15, 0.2) is 29.3 Å². The van der Waals surface area contributed by atoms with E-state index in [2.05, 4.69) is 28.5 Å². The van der Waals surface area contributed by atoms with E-state index in [0.717, 1.165) is 31.5 Å². The first-order valence-electron chi connectivity index (χ1n) is 9.37. The predicted molar refractivity (Wildman–Crippen MR) is 94.5 cm³/mol. The zero-order valence-corrected chi connectivity index (χ0v) is 15.0.